The lowest BCUT2D eigenvalue weighted by Gasteiger charge is -2.31. The molecular formula is C22H20BrNO5S. The fourth-order valence-corrected chi connectivity index (χ4v) is 4.85. The second kappa shape index (κ2) is 7.94. The largest absolute Gasteiger partial charge is 0.497 e. The van der Waals surface area contributed by atoms with Crippen molar-refractivity contribution in [2.24, 2.45) is 5.14 Å². The van der Waals surface area contributed by atoms with Crippen molar-refractivity contribution in [3.8, 4) is 28.4 Å². The predicted octanol–water partition coefficient (Wildman–Crippen LogP) is 4.40. The Morgan fingerprint density at radius 3 is 2.57 bits per heavy atom. The van der Waals surface area contributed by atoms with Gasteiger partial charge >= 0.3 is 0 Å². The Balaban J connectivity index is 1.95. The number of sulfonamides is 1. The highest BCUT2D eigenvalue weighted by atomic mass is 79.9. The van der Waals surface area contributed by atoms with Crippen LogP contribution in [0.2, 0.25) is 0 Å². The molecule has 8 heteroatoms. The third kappa shape index (κ3) is 3.90. The summed E-state index contributed by atoms with van der Waals surface area (Å²) < 4.78 is 41.5. The van der Waals surface area contributed by atoms with E-state index in [9.17, 15) is 8.42 Å². The summed E-state index contributed by atoms with van der Waals surface area (Å²) >= 11 is 3.53. The number of rotatable bonds is 5. The minimum Gasteiger partial charge on any atom is -0.497 e. The third-order valence-electron chi connectivity index (χ3n) is 4.95. The van der Waals surface area contributed by atoms with Crippen LogP contribution in [0.25, 0.3) is 11.1 Å². The van der Waals surface area contributed by atoms with Gasteiger partial charge in [0, 0.05) is 11.1 Å². The van der Waals surface area contributed by atoms with E-state index in [0.717, 1.165) is 26.7 Å². The highest BCUT2D eigenvalue weighted by Crippen LogP contribution is 2.51. The predicted molar refractivity (Wildman–Crippen MR) is 118 cm³/mol. The van der Waals surface area contributed by atoms with Crippen molar-refractivity contribution >= 4 is 26.0 Å². The van der Waals surface area contributed by atoms with Crippen LogP contribution in [0.1, 0.15) is 22.8 Å². The summed E-state index contributed by atoms with van der Waals surface area (Å²) in [6, 6.07) is 16.8. The molecule has 1 aliphatic rings. The molecule has 2 N–H and O–H groups in total. The number of hydrogen-bond acceptors (Lipinski definition) is 5. The Bertz CT molecular complexity index is 1230. The first-order valence-electron chi connectivity index (χ1n) is 9.11. The fourth-order valence-electron chi connectivity index (χ4n) is 3.71. The average molecular weight is 490 g/mol. The molecule has 0 spiro atoms. The van der Waals surface area contributed by atoms with Crippen LogP contribution in [0, 0.1) is 0 Å². The van der Waals surface area contributed by atoms with Crippen LogP contribution in [0.5, 0.6) is 17.2 Å². The van der Waals surface area contributed by atoms with Crippen LogP contribution in [0.4, 0.5) is 0 Å². The zero-order valence-electron chi connectivity index (χ0n) is 16.4. The molecule has 0 amide bonds. The highest BCUT2D eigenvalue weighted by molar-refractivity contribution is 9.10. The molecule has 1 atom stereocenters. The van der Waals surface area contributed by atoms with Gasteiger partial charge in [0.2, 0.25) is 10.0 Å². The average Bonchev–Trinajstić information content (AvgIpc) is 2.72. The molecule has 4 rings (SSSR count). The molecule has 1 aliphatic heterocycles. The third-order valence-corrected chi connectivity index (χ3v) is 6.31. The second-order valence-electron chi connectivity index (χ2n) is 6.96. The SMILES string of the molecule is COc1cccc(C2Oc3ccc(Br)c(OC)c3-c3ccc(CS(N)(=O)=O)cc32)c1. The quantitative estimate of drug-likeness (QED) is 0.573. The maximum absolute atomic E-state index is 11.7. The molecule has 156 valence electrons. The Labute approximate surface area is 183 Å². The topological polar surface area (TPSA) is 87.8 Å². The van der Waals surface area contributed by atoms with Crippen LogP contribution in [-0.4, -0.2) is 22.6 Å². The molecule has 30 heavy (non-hydrogen) atoms. The lowest BCUT2D eigenvalue weighted by atomic mass is 9.88. The Kier molecular flexibility index (Phi) is 5.48. The van der Waals surface area contributed by atoms with Crippen molar-refractivity contribution < 1.29 is 22.6 Å². The van der Waals surface area contributed by atoms with Crippen molar-refractivity contribution in [3.63, 3.8) is 0 Å². The number of methoxy groups -OCH3 is 2. The van der Waals surface area contributed by atoms with Gasteiger partial charge in [0.1, 0.15) is 23.4 Å². The number of hydrogen-bond donors (Lipinski definition) is 1. The molecule has 1 unspecified atom stereocenters. The van der Waals surface area contributed by atoms with Gasteiger partial charge in [-0.25, -0.2) is 13.6 Å². The van der Waals surface area contributed by atoms with E-state index in [1.165, 1.54) is 0 Å². The van der Waals surface area contributed by atoms with Gasteiger partial charge in [0.25, 0.3) is 0 Å². The summed E-state index contributed by atoms with van der Waals surface area (Å²) in [4.78, 5) is 0. The van der Waals surface area contributed by atoms with Gasteiger partial charge in [0.05, 0.1) is 30.0 Å². The molecule has 0 radical (unpaired) electrons. The molecule has 3 aromatic carbocycles. The standard InChI is InChI=1S/C22H20BrNO5S/c1-27-15-5-3-4-14(11-15)21-17-10-13(12-30(24,25)26)6-7-16(17)20-19(29-21)9-8-18(23)22(20)28-2/h3-11,21H,12H2,1-2H3,(H2,24,25,26). The summed E-state index contributed by atoms with van der Waals surface area (Å²) in [5, 5.41) is 5.27. The van der Waals surface area contributed by atoms with Gasteiger partial charge in [-0.05, 0) is 51.3 Å². The maximum atomic E-state index is 11.7. The van der Waals surface area contributed by atoms with Crippen molar-refractivity contribution in [1.29, 1.82) is 0 Å². The number of fused-ring (bicyclic) bond motifs is 3. The van der Waals surface area contributed by atoms with Gasteiger partial charge in [0.15, 0.2) is 0 Å². The first-order valence-corrected chi connectivity index (χ1v) is 11.6. The lowest BCUT2D eigenvalue weighted by Crippen LogP contribution is -2.18. The van der Waals surface area contributed by atoms with E-state index in [4.69, 9.17) is 19.3 Å². The minimum atomic E-state index is -3.67. The normalized spacial score (nSPS) is 15.0. The van der Waals surface area contributed by atoms with E-state index in [1.54, 1.807) is 20.3 Å². The summed E-state index contributed by atoms with van der Waals surface area (Å²) in [5.41, 5.74) is 4.01. The maximum Gasteiger partial charge on any atom is 0.213 e. The number of ether oxygens (including phenoxy) is 3. The molecule has 3 aromatic rings. The van der Waals surface area contributed by atoms with Crippen molar-refractivity contribution in [3.05, 3.63) is 75.8 Å². The number of benzene rings is 3. The zero-order chi connectivity index (χ0) is 21.5. The van der Waals surface area contributed by atoms with Crippen LogP contribution in [-0.2, 0) is 15.8 Å². The molecule has 0 aromatic heterocycles. The number of primary sulfonamides is 1. The van der Waals surface area contributed by atoms with Crippen LogP contribution in [0.15, 0.2) is 59.1 Å². The molecule has 6 nitrogen and oxygen atoms in total. The number of halogens is 1. The van der Waals surface area contributed by atoms with Crippen molar-refractivity contribution in [2.75, 3.05) is 14.2 Å². The van der Waals surface area contributed by atoms with Crippen LogP contribution < -0.4 is 19.3 Å². The molecule has 0 saturated heterocycles. The van der Waals surface area contributed by atoms with E-state index >= 15 is 0 Å². The first kappa shape index (κ1) is 20.7. The van der Waals surface area contributed by atoms with E-state index in [0.29, 0.717) is 22.8 Å². The van der Waals surface area contributed by atoms with Gasteiger partial charge in [-0.2, -0.15) is 0 Å². The molecule has 0 aliphatic carbocycles. The monoisotopic (exact) mass is 489 g/mol. The summed E-state index contributed by atoms with van der Waals surface area (Å²) in [6.07, 6.45) is -0.450. The molecule has 1 heterocycles. The van der Waals surface area contributed by atoms with Crippen LogP contribution >= 0.6 is 15.9 Å². The molecular weight excluding hydrogens is 470 g/mol. The molecule has 0 saturated carbocycles. The highest BCUT2D eigenvalue weighted by Gasteiger charge is 2.31. The van der Waals surface area contributed by atoms with E-state index in [-0.39, 0.29) is 5.75 Å². The van der Waals surface area contributed by atoms with E-state index in [2.05, 4.69) is 15.9 Å². The molecule has 0 bridgehead atoms. The summed E-state index contributed by atoms with van der Waals surface area (Å²) in [5.74, 6) is 1.78. The van der Waals surface area contributed by atoms with Gasteiger partial charge < -0.3 is 14.2 Å². The molecule has 0 fully saturated rings. The van der Waals surface area contributed by atoms with E-state index in [1.807, 2.05) is 48.5 Å². The van der Waals surface area contributed by atoms with Gasteiger partial charge in [-0.3, -0.25) is 0 Å². The Hall–Kier alpha value is -2.55. The first-order chi connectivity index (χ1) is 14.3. The summed E-state index contributed by atoms with van der Waals surface area (Å²) in [7, 11) is -0.461. The fraction of sp³-hybridized carbons (Fsp3) is 0.182. The summed E-state index contributed by atoms with van der Waals surface area (Å²) in [6.45, 7) is 0. The van der Waals surface area contributed by atoms with Gasteiger partial charge in [-0.15, -0.1) is 0 Å². The van der Waals surface area contributed by atoms with Crippen molar-refractivity contribution in [2.45, 2.75) is 11.9 Å². The van der Waals surface area contributed by atoms with Gasteiger partial charge in [-0.1, -0.05) is 30.3 Å². The Morgan fingerprint density at radius 1 is 1.07 bits per heavy atom. The minimum absolute atomic E-state index is 0.256. The Morgan fingerprint density at radius 2 is 1.87 bits per heavy atom. The number of nitrogens with two attached hydrogens (primary N) is 1. The zero-order valence-corrected chi connectivity index (χ0v) is 18.8. The smallest absolute Gasteiger partial charge is 0.213 e. The lowest BCUT2D eigenvalue weighted by molar-refractivity contribution is 0.241. The van der Waals surface area contributed by atoms with Crippen molar-refractivity contribution in [1.82, 2.24) is 0 Å². The van der Waals surface area contributed by atoms with E-state index < -0.39 is 16.1 Å². The van der Waals surface area contributed by atoms with Crippen LogP contribution in [0.3, 0.4) is 0 Å². The second-order valence-corrected chi connectivity index (χ2v) is 9.43.